The number of amides is 3. The van der Waals surface area contributed by atoms with Gasteiger partial charge >= 0.3 is 18.1 Å². The highest BCUT2D eigenvalue weighted by atomic mass is 35.5. The van der Waals surface area contributed by atoms with Crippen molar-refractivity contribution in [3.8, 4) is 0 Å². The molecule has 3 aromatic carbocycles. The summed E-state index contributed by atoms with van der Waals surface area (Å²) in [4.78, 5) is 54.3. The minimum absolute atomic E-state index is 0.241. The minimum atomic E-state index is -5.20. The summed E-state index contributed by atoms with van der Waals surface area (Å²) in [6.07, 6.45) is 5.91. The van der Waals surface area contributed by atoms with E-state index in [1.807, 2.05) is 60.7 Å². The van der Waals surface area contributed by atoms with E-state index in [2.05, 4.69) is 17.4 Å². The molecule has 320 valence electrons. The molecule has 3 aromatic rings. The van der Waals surface area contributed by atoms with Gasteiger partial charge in [-0.25, -0.2) is 0 Å². The van der Waals surface area contributed by atoms with Gasteiger partial charge in [-0.15, -0.1) is 0 Å². The molecule has 8 nitrogen and oxygen atoms in total. The van der Waals surface area contributed by atoms with Gasteiger partial charge in [0.25, 0.3) is 0 Å². The molecule has 0 radical (unpaired) electrons. The number of hydrogen-bond acceptors (Lipinski definition) is 5. The summed E-state index contributed by atoms with van der Waals surface area (Å²) in [5.74, 6) is -2.76. The summed E-state index contributed by atoms with van der Waals surface area (Å²) in [5, 5.41) is 4.60. The largest absolute Gasteiger partial charge is 0.471 e. The van der Waals surface area contributed by atoms with Crippen molar-refractivity contribution < 1.29 is 37.1 Å². The molecule has 0 aromatic heterocycles. The SMILES string of the molecule is CC(C)[C@H](NC(=O)C(C)(C)NC(=O)C(F)(F)F)C(=O)N(C)[C@H](C)CC(=O)OC(c1ccccc1)(c1ccc(C2CCCCCC[C@H]3CC3CC2)cc1)c1ccccc1Cl. The third-order valence-corrected chi connectivity index (χ3v) is 12.6. The van der Waals surface area contributed by atoms with E-state index in [0.29, 0.717) is 27.6 Å². The Morgan fingerprint density at radius 1 is 0.780 bits per heavy atom. The van der Waals surface area contributed by atoms with Crippen molar-refractivity contribution in [3.63, 3.8) is 0 Å². The molecule has 0 bridgehead atoms. The summed E-state index contributed by atoms with van der Waals surface area (Å²) >= 11 is 6.97. The molecule has 3 amide bonds. The van der Waals surface area contributed by atoms with E-state index in [1.54, 1.807) is 32.2 Å². The first-order chi connectivity index (χ1) is 27.8. The van der Waals surface area contributed by atoms with Crippen LogP contribution in [0.15, 0.2) is 78.9 Å². The monoisotopic (exact) mass is 837 g/mol. The standard InChI is InChI=1S/C47H59ClF3N3O5/c1-30(2)41(52-43(57)45(4,5)53-44(58)47(49,50)51)42(56)54(6)31(3)28-40(55)59-46(36-18-12-9-13-19-36,38-20-14-15-21-39(38)48)37-26-24-33(25-27-37)32-16-10-7-8-11-17-34-29-35(34)23-22-32/h9,12-15,18-21,24-27,30-32,34-35,41H,7-8,10-11,16-17,22-23,28-29H2,1-6H3,(H,52,57)(H,53,58)/t31-,32?,34+,35?,41+,46?/m1/s1. The lowest BCUT2D eigenvalue weighted by Crippen LogP contribution is -2.62. The molecular weight excluding hydrogens is 779 g/mol. The predicted octanol–water partition coefficient (Wildman–Crippen LogP) is 9.86. The van der Waals surface area contributed by atoms with E-state index >= 15 is 0 Å². The topological polar surface area (TPSA) is 105 Å². The number of fused-ring (bicyclic) bond motifs is 1. The van der Waals surface area contributed by atoms with Gasteiger partial charge in [-0.1, -0.05) is 130 Å². The van der Waals surface area contributed by atoms with Gasteiger partial charge in [0.05, 0.1) is 6.42 Å². The average Bonchev–Trinajstić information content (AvgIpc) is 3.95. The smallest absolute Gasteiger partial charge is 0.444 e. The first-order valence-corrected chi connectivity index (χ1v) is 21.3. The maximum absolute atomic E-state index is 14.3. The number of ether oxygens (including phenoxy) is 1. The Morgan fingerprint density at radius 3 is 2.00 bits per heavy atom. The Bertz CT molecular complexity index is 1920. The Balaban J connectivity index is 1.40. The van der Waals surface area contributed by atoms with Crippen LogP contribution in [0.2, 0.25) is 5.02 Å². The van der Waals surface area contributed by atoms with Crippen molar-refractivity contribution in [2.75, 3.05) is 7.05 Å². The number of likely N-dealkylation sites (N-methyl/N-ethyl adjacent to an activating group) is 1. The maximum Gasteiger partial charge on any atom is 0.471 e. The van der Waals surface area contributed by atoms with E-state index < -0.39 is 59.0 Å². The van der Waals surface area contributed by atoms with Crippen LogP contribution in [0.5, 0.6) is 0 Å². The molecule has 3 unspecified atom stereocenters. The van der Waals surface area contributed by atoms with Gasteiger partial charge in [-0.05, 0) is 81.8 Å². The van der Waals surface area contributed by atoms with Gasteiger partial charge in [0.15, 0.2) is 5.60 Å². The molecule has 2 saturated carbocycles. The second-order valence-electron chi connectivity index (χ2n) is 17.4. The van der Waals surface area contributed by atoms with Crippen LogP contribution in [-0.4, -0.2) is 59.4 Å². The summed E-state index contributed by atoms with van der Waals surface area (Å²) in [6, 6.07) is 23.2. The van der Waals surface area contributed by atoms with Gasteiger partial charge in [-0.2, -0.15) is 13.2 Å². The van der Waals surface area contributed by atoms with Crippen molar-refractivity contribution in [1.29, 1.82) is 0 Å². The number of hydrogen-bond donors (Lipinski definition) is 2. The number of halogens is 4. The number of alkyl halides is 3. The first-order valence-electron chi connectivity index (χ1n) is 20.9. The molecular formula is C47H59ClF3N3O5. The second kappa shape index (κ2) is 19.3. The summed E-state index contributed by atoms with van der Waals surface area (Å²) < 4.78 is 45.6. The van der Waals surface area contributed by atoms with Crippen molar-refractivity contribution in [3.05, 3.63) is 106 Å². The van der Waals surface area contributed by atoms with E-state index in [1.165, 1.54) is 62.5 Å². The maximum atomic E-state index is 14.3. The van der Waals surface area contributed by atoms with Gasteiger partial charge in [0, 0.05) is 34.8 Å². The van der Waals surface area contributed by atoms with E-state index in [0.717, 1.165) is 38.5 Å². The highest BCUT2D eigenvalue weighted by Crippen LogP contribution is 2.48. The lowest BCUT2D eigenvalue weighted by molar-refractivity contribution is -0.176. The normalized spacial score (nSPS) is 20.8. The first kappa shape index (κ1) is 45.7. The lowest BCUT2D eigenvalue weighted by atomic mass is 9.78. The number of esters is 1. The molecule has 59 heavy (non-hydrogen) atoms. The van der Waals surface area contributed by atoms with Gasteiger partial charge in [0.1, 0.15) is 11.6 Å². The number of benzene rings is 3. The van der Waals surface area contributed by atoms with Crippen LogP contribution < -0.4 is 10.6 Å². The van der Waals surface area contributed by atoms with Crippen LogP contribution >= 0.6 is 11.6 Å². The third kappa shape index (κ3) is 11.3. The minimum Gasteiger partial charge on any atom is -0.444 e. The fourth-order valence-electron chi connectivity index (χ4n) is 8.40. The van der Waals surface area contributed by atoms with E-state index in [9.17, 15) is 32.3 Å². The zero-order valence-electron chi connectivity index (χ0n) is 35.0. The van der Waals surface area contributed by atoms with Crippen LogP contribution in [0, 0.1) is 17.8 Å². The highest BCUT2D eigenvalue weighted by molar-refractivity contribution is 6.31. The average molecular weight is 838 g/mol. The Hall–Kier alpha value is -4.38. The van der Waals surface area contributed by atoms with Crippen LogP contribution in [0.25, 0.3) is 0 Å². The van der Waals surface area contributed by atoms with Gasteiger partial charge in [-0.3, -0.25) is 19.2 Å². The molecule has 2 N–H and O–H groups in total. The molecule has 0 saturated heterocycles. The summed E-state index contributed by atoms with van der Waals surface area (Å²) in [7, 11) is 1.49. The molecule has 0 heterocycles. The number of carbonyl (C=O) groups is 4. The van der Waals surface area contributed by atoms with Crippen molar-refractivity contribution >= 4 is 35.3 Å². The van der Waals surface area contributed by atoms with Crippen LogP contribution in [-0.2, 0) is 29.5 Å². The van der Waals surface area contributed by atoms with Crippen molar-refractivity contribution in [2.24, 2.45) is 17.8 Å². The molecule has 2 aliphatic rings. The van der Waals surface area contributed by atoms with Crippen LogP contribution in [0.3, 0.4) is 0 Å². The zero-order valence-corrected chi connectivity index (χ0v) is 35.8. The Morgan fingerprint density at radius 2 is 1.37 bits per heavy atom. The summed E-state index contributed by atoms with van der Waals surface area (Å²) in [6.45, 7) is 7.24. The zero-order chi connectivity index (χ0) is 43.1. The fraction of sp³-hybridized carbons (Fsp3) is 0.532. The molecule has 5 rings (SSSR count). The highest BCUT2D eigenvalue weighted by Gasteiger charge is 2.45. The fourth-order valence-corrected chi connectivity index (χ4v) is 8.66. The van der Waals surface area contributed by atoms with Crippen molar-refractivity contribution in [2.45, 2.75) is 134 Å². The molecule has 0 spiro atoms. The Kier molecular flexibility index (Phi) is 15.0. The van der Waals surface area contributed by atoms with Crippen LogP contribution in [0.4, 0.5) is 13.2 Å². The third-order valence-electron chi connectivity index (χ3n) is 12.3. The van der Waals surface area contributed by atoms with Gasteiger partial charge < -0.3 is 20.3 Å². The van der Waals surface area contributed by atoms with Crippen molar-refractivity contribution in [1.82, 2.24) is 15.5 Å². The van der Waals surface area contributed by atoms with Crippen LogP contribution in [0.1, 0.15) is 127 Å². The molecule has 2 fully saturated rings. The predicted molar refractivity (Wildman–Crippen MR) is 223 cm³/mol. The van der Waals surface area contributed by atoms with Gasteiger partial charge in [0.2, 0.25) is 11.8 Å². The molecule has 2 aliphatic carbocycles. The number of carbonyl (C=O) groups excluding carboxylic acids is 4. The second-order valence-corrected chi connectivity index (χ2v) is 17.8. The number of rotatable bonds is 13. The molecule has 0 aliphatic heterocycles. The molecule has 12 heteroatoms. The number of nitrogens with one attached hydrogen (secondary N) is 2. The van der Waals surface area contributed by atoms with E-state index in [4.69, 9.17) is 16.3 Å². The number of nitrogens with zero attached hydrogens (tertiary/aromatic N) is 1. The summed E-state index contributed by atoms with van der Waals surface area (Å²) in [5.41, 5.74) is -0.211. The van der Waals surface area contributed by atoms with E-state index in [-0.39, 0.29) is 6.42 Å². The Labute approximate surface area is 352 Å². The quantitative estimate of drug-likeness (QED) is 0.132. The lowest BCUT2D eigenvalue weighted by Gasteiger charge is -2.37. The molecule has 6 atom stereocenters.